The van der Waals surface area contributed by atoms with Gasteiger partial charge >= 0.3 is 0 Å². The highest BCUT2D eigenvalue weighted by atomic mass is 16.3. The zero-order chi connectivity index (χ0) is 14.6. The molecule has 2 aromatic rings. The topological polar surface area (TPSA) is 74.5 Å². The van der Waals surface area contributed by atoms with E-state index in [1.807, 2.05) is 19.9 Å². The molecule has 2 heterocycles. The number of benzene rings is 1. The van der Waals surface area contributed by atoms with E-state index >= 15 is 0 Å². The number of rotatable bonds is 0. The number of aryl methyl sites for hydroxylation is 2. The van der Waals surface area contributed by atoms with E-state index < -0.39 is 6.23 Å². The summed E-state index contributed by atoms with van der Waals surface area (Å²) >= 11 is 0. The average molecular weight is 272 g/mol. The van der Waals surface area contributed by atoms with Crippen molar-refractivity contribution in [2.24, 2.45) is 7.05 Å². The Bertz CT molecular complexity index is 818. The molecule has 1 unspecified atom stereocenters. The summed E-state index contributed by atoms with van der Waals surface area (Å²) < 4.78 is 1.42. The summed E-state index contributed by atoms with van der Waals surface area (Å²) in [6, 6.07) is 3.49. The predicted octanol–water partition coefficient (Wildman–Crippen LogP) is 1.70. The Labute approximate surface area is 115 Å². The van der Waals surface area contributed by atoms with Gasteiger partial charge in [-0.05, 0) is 37.1 Å². The van der Waals surface area contributed by atoms with Crippen LogP contribution in [0.25, 0.3) is 16.5 Å². The molecule has 1 aromatic heterocycles. The average Bonchev–Trinajstić information content (AvgIpc) is 2.37. The van der Waals surface area contributed by atoms with Crippen LogP contribution in [-0.2, 0) is 7.05 Å². The molecule has 3 rings (SSSR count). The molecule has 0 spiro atoms. The summed E-state index contributed by atoms with van der Waals surface area (Å²) in [6.07, 6.45) is 0.845. The molecule has 0 amide bonds. The number of pyridine rings is 1. The number of anilines is 1. The van der Waals surface area contributed by atoms with E-state index in [1.54, 1.807) is 19.2 Å². The zero-order valence-corrected chi connectivity index (χ0v) is 11.6. The number of aliphatic hydroxyl groups excluding tert-OH is 1. The van der Waals surface area contributed by atoms with Crippen molar-refractivity contribution in [1.29, 1.82) is 0 Å². The lowest BCUT2D eigenvalue weighted by molar-refractivity contribution is 0.251. The first kappa shape index (κ1) is 12.7. The Morgan fingerprint density at radius 3 is 2.70 bits per heavy atom. The number of phenols is 1. The Hall–Kier alpha value is -2.27. The third kappa shape index (κ3) is 1.63. The number of phenolic OH excluding ortho intramolecular Hbond substituents is 1. The smallest absolute Gasteiger partial charge is 0.251 e. The predicted molar refractivity (Wildman–Crippen MR) is 78.9 cm³/mol. The van der Waals surface area contributed by atoms with Gasteiger partial charge in [0.25, 0.3) is 5.56 Å². The maximum Gasteiger partial charge on any atom is 0.251 e. The van der Waals surface area contributed by atoms with E-state index in [0.29, 0.717) is 11.2 Å². The lowest BCUT2D eigenvalue weighted by Crippen LogP contribution is -2.22. The molecule has 0 saturated heterocycles. The monoisotopic (exact) mass is 272 g/mol. The molecule has 0 radical (unpaired) electrons. The Balaban J connectivity index is 2.50. The molecule has 1 aliphatic heterocycles. The van der Waals surface area contributed by atoms with Gasteiger partial charge in [-0.25, -0.2) is 0 Å². The number of hydrogen-bond donors (Lipinski definition) is 3. The van der Waals surface area contributed by atoms with Crippen molar-refractivity contribution in [1.82, 2.24) is 4.57 Å². The Morgan fingerprint density at radius 2 is 2.00 bits per heavy atom. The fraction of sp³-hybridized carbons (Fsp3) is 0.267. The molecule has 20 heavy (non-hydrogen) atoms. The van der Waals surface area contributed by atoms with E-state index in [0.717, 1.165) is 22.1 Å². The zero-order valence-electron chi connectivity index (χ0n) is 11.6. The van der Waals surface area contributed by atoms with Gasteiger partial charge in [0.2, 0.25) is 0 Å². The van der Waals surface area contributed by atoms with Gasteiger partial charge in [-0.1, -0.05) is 0 Å². The lowest BCUT2D eigenvalue weighted by Gasteiger charge is -2.24. The van der Waals surface area contributed by atoms with E-state index in [-0.39, 0.29) is 11.3 Å². The number of fused-ring (bicyclic) bond motifs is 2. The van der Waals surface area contributed by atoms with Crippen molar-refractivity contribution in [2.45, 2.75) is 20.1 Å². The maximum absolute atomic E-state index is 11.9. The molecule has 0 saturated carbocycles. The number of aromatic hydroxyl groups is 1. The molecule has 0 aliphatic carbocycles. The summed E-state index contributed by atoms with van der Waals surface area (Å²) in [5.41, 5.74) is 3.31. The molecule has 5 nitrogen and oxygen atoms in total. The minimum Gasteiger partial charge on any atom is -0.504 e. The van der Waals surface area contributed by atoms with Crippen LogP contribution in [0.5, 0.6) is 5.75 Å². The van der Waals surface area contributed by atoms with E-state index in [1.165, 1.54) is 4.57 Å². The van der Waals surface area contributed by atoms with Gasteiger partial charge in [0.1, 0.15) is 6.23 Å². The van der Waals surface area contributed by atoms with Crippen molar-refractivity contribution in [2.75, 3.05) is 5.32 Å². The van der Waals surface area contributed by atoms with Crippen molar-refractivity contribution in [3.05, 3.63) is 39.7 Å². The number of aliphatic hydroxyl groups is 1. The summed E-state index contributed by atoms with van der Waals surface area (Å²) in [7, 11) is 1.62. The SMILES string of the molecule is CC1=CC(O)Nc2c1cc1c(C)cc(=O)n(C)c1c2O. The molecule has 0 bridgehead atoms. The van der Waals surface area contributed by atoms with Crippen LogP contribution in [0.3, 0.4) is 0 Å². The molecule has 1 atom stereocenters. The first-order valence-corrected chi connectivity index (χ1v) is 6.40. The van der Waals surface area contributed by atoms with Crippen LogP contribution in [0.4, 0.5) is 5.69 Å². The summed E-state index contributed by atoms with van der Waals surface area (Å²) in [6.45, 7) is 3.73. The third-order valence-electron chi connectivity index (χ3n) is 3.83. The Kier molecular flexibility index (Phi) is 2.62. The number of allylic oxidation sites excluding steroid dienone is 1. The van der Waals surface area contributed by atoms with Crippen LogP contribution in [0.2, 0.25) is 0 Å². The highest BCUT2D eigenvalue weighted by Gasteiger charge is 2.22. The highest BCUT2D eigenvalue weighted by molar-refractivity contribution is 5.99. The van der Waals surface area contributed by atoms with Crippen molar-refractivity contribution >= 4 is 22.2 Å². The molecular formula is C15H16N2O3. The second-order valence-corrected chi connectivity index (χ2v) is 5.21. The van der Waals surface area contributed by atoms with Gasteiger partial charge in [0, 0.05) is 24.1 Å². The molecule has 3 N–H and O–H groups in total. The number of hydrogen-bond acceptors (Lipinski definition) is 4. The van der Waals surface area contributed by atoms with Crippen LogP contribution in [-0.4, -0.2) is 21.0 Å². The standard InChI is InChI=1S/C15H16N2O3/c1-7-4-11(18)16-13-9(7)6-10-8(2)5-12(19)17(3)14(10)15(13)20/h4-6,11,16,18,20H,1-3H3. The van der Waals surface area contributed by atoms with Crippen molar-refractivity contribution in [3.8, 4) is 5.75 Å². The highest BCUT2D eigenvalue weighted by Crippen LogP contribution is 2.41. The van der Waals surface area contributed by atoms with Crippen LogP contribution >= 0.6 is 0 Å². The second-order valence-electron chi connectivity index (χ2n) is 5.21. The summed E-state index contributed by atoms with van der Waals surface area (Å²) in [5, 5.41) is 23.9. The van der Waals surface area contributed by atoms with Crippen molar-refractivity contribution in [3.63, 3.8) is 0 Å². The van der Waals surface area contributed by atoms with Gasteiger partial charge in [-0.3, -0.25) is 4.79 Å². The molecule has 1 aliphatic rings. The molecular weight excluding hydrogens is 256 g/mol. The summed E-state index contributed by atoms with van der Waals surface area (Å²) in [4.78, 5) is 11.9. The number of aromatic nitrogens is 1. The summed E-state index contributed by atoms with van der Waals surface area (Å²) in [5.74, 6) is -0.00713. The van der Waals surface area contributed by atoms with E-state index in [9.17, 15) is 15.0 Å². The van der Waals surface area contributed by atoms with Crippen LogP contribution in [0.15, 0.2) is 23.0 Å². The van der Waals surface area contributed by atoms with Crippen LogP contribution in [0.1, 0.15) is 18.1 Å². The van der Waals surface area contributed by atoms with Gasteiger partial charge in [0.15, 0.2) is 5.75 Å². The van der Waals surface area contributed by atoms with Gasteiger partial charge < -0.3 is 20.1 Å². The van der Waals surface area contributed by atoms with Crippen LogP contribution in [0, 0.1) is 6.92 Å². The maximum atomic E-state index is 11.9. The fourth-order valence-electron chi connectivity index (χ4n) is 2.74. The Morgan fingerprint density at radius 1 is 1.30 bits per heavy atom. The molecule has 1 aromatic carbocycles. The molecule has 104 valence electrons. The second kappa shape index (κ2) is 4.11. The van der Waals surface area contributed by atoms with E-state index in [2.05, 4.69) is 5.32 Å². The van der Waals surface area contributed by atoms with Gasteiger partial charge in [-0.2, -0.15) is 0 Å². The number of nitrogens with zero attached hydrogens (tertiary/aromatic N) is 1. The van der Waals surface area contributed by atoms with Crippen LogP contribution < -0.4 is 10.9 Å². The molecule has 0 fully saturated rings. The lowest BCUT2D eigenvalue weighted by atomic mass is 9.96. The largest absolute Gasteiger partial charge is 0.504 e. The molecule has 5 heteroatoms. The first-order valence-electron chi connectivity index (χ1n) is 6.40. The van der Waals surface area contributed by atoms with Gasteiger partial charge in [0.05, 0.1) is 11.2 Å². The third-order valence-corrected chi connectivity index (χ3v) is 3.83. The van der Waals surface area contributed by atoms with E-state index in [4.69, 9.17) is 0 Å². The fourth-order valence-corrected chi connectivity index (χ4v) is 2.74. The minimum atomic E-state index is -0.840. The van der Waals surface area contributed by atoms with Crippen molar-refractivity contribution < 1.29 is 10.2 Å². The minimum absolute atomic E-state index is 0.00713. The quantitative estimate of drug-likeness (QED) is 0.638. The normalized spacial score (nSPS) is 17.6. The van der Waals surface area contributed by atoms with Gasteiger partial charge in [-0.15, -0.1) is 0 Å². The first-order chi connectivity index (χ1) is 9.40. The number of nitrogens with one attached hydrogen (secondary N) is 1.